The fraction of sp³-hybridized carbons (Fsp3) is 0.214. The molecule has 2 nitrogen and oxygen atoms in total. The Hall–Kier alpha value is -1.83. The van der Waals surface area contributed by atoms with E-state index in [-0.39, 0.29) is 5.97 Å². The van der Waals surface area contributed by atoms with Gasteiger partial charge in [0.1, 0.15) is 0 Å². The third kappa shape index (κ3) is 2.60. The zero-order valence-electron chi connectivity index (χ0n) is 9.86. The fourth-order valence-corrected chi connectivity index (χ4v) is 1.43. The third-order valence-corrected chi connectivity index (χ3v) is 2.17. The molecule has 0 aliphatic rings. The lowest BCUT2D eigenvalue weighted by atomic mass is 10.1. The number of ether oxygens (including phenoxy) is 1. The largest absolute Gasteiger partial charge is 0.465 e. The Morgan fingerprint density at radius 2 is 1.62 bits per heavy atom. The highest BCUT2D eigenvalue weighted by atomic mass is 16.5. The first kappa shape index (κ1) is 12.2. The summed E-state index contributed by atoms with van der Waals surface area (Å²) in [6.45, 7) is 4.00. The molecule has 0 saturated carbocycles. The van der Waals surface area contributed by atoms with E-state index < -0.39 is 0 Å². The maximum atomic E-state index is 11.2. The van der Waals surface area contributed by atoms with Gasteiger partial charge in [-0.1, -0.05) is 44.2 Å². The second-order valence-electron chi connectivity index (χ2n) is 3.05. The van der Waals surface area contributed by atoms with Gasteiger partial charge in [-0.05, 0) is 22.9 Å². The van der Waals surface area contributed by atoms with Crippen molar-refractivity contribution in [3.8, 4) is 0 Å². The molecule has 2 heteroatoms. The molecule has 84 valence electrons. The minimum absolute atomic E-state index is 0.296. The minimum Gasteiger partial charge on any atom is -0.465 e. The average molecular weight is 216 g/mol. The Kier molecular flexibility index (Phi) is 4.52. The summed E-state index contributed by atoms with van der Waals surface area (Å²) >= 11 is 0. The van der Waals surface area contributed by atoms with Crippen LogP contribution in [-0.2, 0) is 4.74 Å². The first-order chi connectivity index (χ1) is 7.81. The fourth-order valence-electron chi connectivity index (χ4n) is 1.43. The molecule has 0 amide bonds. The van der Waals surface area contributed by atoms with Crippen LogP contribution in [0.2, 0.25) is 0 Å². The van der Waals surface area contributed by atoms with Crippen molar-refractivity contribution in [2.45, 2.75) is 13.8 Å². The summed E-state index contributed by atoms with van der Waals surface area (Å²) in [4.78, 5) is 11.2. The van der Waals surface area contributed by atoms with Gasteiger partial charge in [-0.25, -0.2) is 4.79 Å². The Balaban J connectivity index is 0.000000606. The van der Waals surface area contributed by atoms with Gasteiger partial charge in [-0.15, -0.1) is 0 Å². The molecule has 0 N–H and O–H groups in total. The molecule has 0 aliphatic heterocycles. The molecule has 2 aromatic carbocycles. The van der Waals surface area contributed by atoms with Crippen LogP contribution >= 0.6 is 0 Å². The Bertz CT molecular complexity index is 475. The number of benzene rings is 2. The van der Waals surface area contributed by atoms with Crippen molar-refractivity contribution in [3.05, 3.63) is 48.0 Å². The number of carbonyl (C=O) groups is 1. The summed E-state index contributed by atoms with van der Waals surface area (Å²) in [6.07, 6.45) is 0. The maximum Gasteiger partial charge on any atom is 0.337 e. The Morgan fingerprint density at radius 3 is 2.25 bits per heavy atom. The molecule has 0 radical (unpaired) electrons. The molecule has 0 fully saturated rings. The van der Waals surface area contributed by atoms with E-state index in [0.717, 1.165) is 10.8 Å². The zero-order chi connectivity index (χ0) is 12.0. The highest BCUT2D eigenvalue weighted by Gasteiger charge is 2.04. The van der Waals surface area contributed by atoms with Crippen molar-refractivity contribution in [1.82, 2.24) is 0 Å². The van der Waals surface area contributed by atoms with Crippen LogP contribution in [0.4, 0.5) is 0 Å². The molecule has 2 aromatic rings. The van der Waals surface area contributed by atoms with Crippen LogP contribution < -0.4 is 0 Å². The van der Waals surface area contributed by atoms with Gasteiger partial charge in [0.05, 0.1) is 12.7 Å². The molecular formula is C14H16O2. The number of carbonyl (C=O) groups excluding carboxylic acids is 1. The van der Waals surface area contributed by atoms with E-state index in [2.05, 4.69) is 4.74 Å². The number of methoxy groups -OCH3 is 1. The second kappa shape index (κ2) is 5.91. The van der Waals surface area contributed by atoms with E-state index in [1.165, 1.54) is 7.11 Å². The summed E-state index contributed by atoms with van der Waals surface area (Å²) in [5, 5.41) is 2.18. The van der Waals surface area contributed by atoms with E-state index in [1.807, 2.05) is 50.2 Å². The van der Waals surface area contributed by atoms with Crippen molar-refractivity contribution in [1.29, 1.82) is 0 Å². The van der Waals surface area contributed by atoms with Crippen LogP contribution in [-0.4, -0.2) is 13.1 Å². The van der Waals surface area contributed by atoms with Gasteiger partial charge < -0.3 is 4.74 Å². The first-order valence-electron chi connectivity index (χ1n) is 5.38. The van der Waals surface area contributed by atoms with Gasteiger partial charge in [-0.2, -0.15) is 0 Å². The van der Waals surface area contributed by atoms with E-state index in [9.17, 15) is 4.79 Å². The molecule has 0 heterocycles. The monoisotopic (exact) mass is 216 g/mol. The number of rotatable bonds is 1. The Labute approximate surface area is 95.9 Å². The lowest BCUT2D eigenvalue weighted by Gasteiger charge is -2.01. The minimum atomic E-state index is -0.296. The van der Waals surface area contributed by atoms with Crippen molar-refractivity contribution < 1.29 is 9.53 Å². The average Bonchev–Trinajstić information content (AvgIpc) is 2.39. The molecular weight excluding hydrogens is 200 g/mol. The Morgan fingerprint density at radius 1 is 1.00 bits per heavy atom. The van der Waals surface area contributed by atoms with Gasteiger partial charge >= 0.3 is 5.97 Å². The van der Waals surface area contributed by atoms with E-state index >= 15 is 0 Å². The van der Waals surface area contributed by atoms with Crippen LogP contribution in [0.15, 0.2) is 42.5 Å². The summed E-state index contributed by atoms with van der Waals surface area (Å²) in [6, 6.07) is 13.4. The van der Waals surface area contributed by atoms with Crippen molar-refractivity contribution in [3.63, 3.8) is 0 Å². The van der Waals surface area contributed by atoms with Crippen LogP contribution in [0.25, 0.3) is 10.8 Å². The normalized spacial score (nSPS) is 9.19. The topological polar surface area (TPSA) is 26.3 Å². The van der Waals surface area contributed by atoms with Crippen LogP contribution in [0.5, 0.6) is 0 Å². The van der Waals surface area contributed by atoms with Gasteiger partial charge in [0.15, 0.2) is 0 Å². The molecule has 0 aliphatic carbocycles. The first-order valence-corrected chi connectivity index (χ1v) is 5.38. The second-order valence-corrected chi connectivity index (χ2v) is 3.05. The highest BCUT2D eigenvalue weighted by Crippen LogP contribution is 2.15. The molecule has 0 saturated heterocycles. The number of hydrogen-bond donors (Lipinski definition) is 0. The van der Waals surface area contributed by atoms with Gasteiger partial charge in [0, 0.05) is 0 Å². The van der Waals surface area contributed by atoms with Crippen molar-refractivity contribution in [2.75, 3.05) is 7.11 Å². The van der Waals surface area contributed by atoms with Crippen LogP contribution in [0.1, 0.15) is 24.2 Å². The van der Waals surface area contributed by atoms with E-state index in [0.29, 0.717) is 5.56 Å². The third-order valence-electron chi connectivity index (χ3n) is 2.17. The number of fused-ring (bicyclic) bond motifs is 1. The molecule has 0 spiro atoms. The summed E-state index contributed by atoms with van der Waals surface area (Å²) in [5.41, 5.74) is 0.589. The molecule has 0 unspecified atom stereocenters. The summed E-state index contributed by atoms with van der Waals surface area (Å²) < 4.78 is 4.65. The van der Waals surface area contributed by atoms with Crippen molar-refractivity contribution in [2.24, 2.45) is 0 Å². The standard InChI is InChI=1S/C12H10O2.C2H6/c1-14-12(13)11-7-6-9-4-2-3-5-10(9)8-11;1-2/h2-8H,1H3;1-2H3. The SMILES string of the molecule is CC.COC(=O)c1ccc2ccccc2c1. The molecule has 16 heavy (non-hydrogen) atoms. The van der Waals surface area contributed by atoms with Crippen LogP contribution in [0.3, 0.4) is 0 Å². The number of esters is 1. The summed E-state index contributed by atoms with van der Waals surface area (Å²) in [5.74, 6) is -0.296. The van der Waals surface area contributed by atoms with E-state index in [1.54, 1.807) is 6.07 Å². The zero-order valence-corrected chi connectivity index (χ0v) is 9.86. The lowest BCUT2D eigenvalue weighted by Crippen LogP contribution is -2.00. The molecule has 0 bridgehead atoms. The van der Waals surface area contributed by atoms with E-state index in [4.69, 9.17) is 0 Å². The molecule has 0 atom stereocenters. The van der Waals surface area contributed by atoms with Gasteiger partial charge in [-0.3, -0.25) is 0 Å². The lowest BCUT2D eigenvalue weighted by molar-refractivity contribution is 0.0601. The number of hydrogen-bond acceptors (Lipinski definition) is 2. The molecule has 0 aromatic heterocycles. The smallest absolute Gasteiger partial charge is 0.337 e. The highest BCUT2D eigenvalue weighted by molar-refractivity contribution is 5.95. The van der Waals surface area contributed by atoms with Crippen LogP contribution in [0, 0.1) is 0 Å². The summed E-state index contributed by atoms with van der Waals surface area (Å²) in [7, 11) is 1.39. The maximum absolute atomic E-state index is 11.2. The van der Waals surface area contributed by atoms with Crippen molar-refractivity contribution >= 4 is 16.7 Å². The van der Waals surface area contributed by atoms with Gasteiger partial charge in [0.25, 0.3) is 0 Å². The quantitative estimate of drug-likeness (QED) is 0.680. The molecule has 2 rings (SSSR count). The predicted octanol–water partition coefficient (Wildman–Crippen LogP) is 3.65. The predicted molar refractivity (Wildman–Crippen MR) is 66.6 cm³/mol. The van der Waals surface area contributed by atoms with Gasteiger partial charge in [0.2, 0.25) is 0 Å².